The highest BCUT2D eigenvalue weighted by Crippen LogP contribution is 2.32. The fourth-order valence-electron chi connectivity index (χ4n) is 3.05. The van der Waals surface area contributed by atoms with Crippen molar-refractivity contribution in [2.75, 3.05) is 13.7 Å². The molecule has 0 aliphatic heterocycles. The number of rotatable bonds is 6. The van der Waals surface area contributed by atoms with Crippen LogP contribution in [0.4, 0.5) is 0 Å². The van der Waals surface area contributed by atoms with Crippen LogP contribution in [0, 0.1) is 0 Å². The average molecular weight is 277 g/mol. The molecule has 2 rings (SSSR count). The highest BCUT2D eigenvalue weighted by Gasteiger charge is 2.33. The minimum absolute atomic E-state index is 0.545. The molecule has 3 nitrogen and oxygen atoms in total. The molecule has 20 heavy (non-hydrogen) atoms. The van der Waals surface area contributed by atoms with Crippen LogP contribution in [0.2, 0.25) is 0 Å². The van der Waals surface area contributed by atoms with Crippen LogP contribution < -0.4 is 10.1 Å². The first-order chi connectivity index (χ1) is 9.65. The van der Waals surface area contributed by atoms with Crippen molar-refractivity contribution in [1.29, 1.82) is 0 Å². The van der Waals surface area contributed by atoms with Crippen LogP contribution in [-0.2, 0) is 6.42 Å². The molecule has 0 saturated heterocycles. The Labute approximate surface area is 122 Å². The van der Waals surface area contributed by atoms with Gasteiger partial charge in [-0.1, -0.05) is 19.1 Å². The van der Waals surface area contributed by atoms with E-state index < -0.39 is 5.60 Å². The number of benzene rings is 1. The van der Waals surface area contributed by atoms with Gasteiger partial charge in [0.2, 0.25) is 0 Å². The van der Waals surface area contributed by atoms with Crippen LogP contribution in [0.3, 0.4) is 0 Å². The van der Waals surface area contributed by atoms with Crippen molar-refractivity contribution in [3.63, 3.8) is 0 Å². The Morgan fingerprint density at radius 3 is 2.75 bits per heavy atom. The minimum Gasteiger partial charge on any atom is -0.497 e. The summed E-state index contributed by atoms with van der Waals surface area (Å²) < 4.78 is 5.25. The zero-order chi connectivity index (χ0) is 14.4. The first-order valence-corrected chi connectivity index (χ1v) is 7.74. The molecule has 0 bridgehead atoms. The van der Waals surface area contributed by atoms with Gasteiger partial charge in [0, 0.05) is 12.5 Å². The molecule has 0 atom stereocenters. The third-order valence-corrected chi connectivity index (χ3v) is 4.27. The summed E-state index contributed by atoms with van der Waals surface area (Å²) in [6.45, 7) is 3.27. The third kappa shape index (κ3) is 4.22. The SMILES string of the molecule is CCCNC1CCC(O)(Cc2cccc(OC)c2)CC1. The molecule has 0 aromatic heterocycles. The minimum atomic E-state index is -0.545. The highest BCUT2D eigenvalue weighted by atomic mass is 16.5. The predicted octanol–water partition coefficient (Wildman–Crippen LogP) is 2.91. The predicted molar refractivity (Wildman–Crippen MR) is 82.2 cm³/mol. The lowest BCUT2D eigenvalue weighted by Gasteiger charge is -2.36. The molecule has 0 amide bonds. The molecule has 3 heteroatoms. The van der Waals surface area contributed by atoms with E-state index in [4.69, 9.17) is 4.74 Å². The Hall–Kier alpha value is -1.06. The Bertz CT molecular complexity index is 411. The van der Waals surface area contributed by atoms with Crippen molar-refractivity contribution < 1.29 is 9.84 Å². The number of methoxy groups -OCH3 is 1. The fourth-order valence-corrected chi connectivity index (χ4v) is 3.05. The monoisotopic (exact) mass is 277 g/mol. The van der Waals surface area contributed by atoms with Crippen molar-refractivity contribution in [2.24, 2.45) is 0 Å². The maximum absolute atomic E-state index is 10.8. The van der Waals surface area contributed by atoms with Crippen LogP contribution >= 0.6 is 0 Å². The van der Waals surface area contributed by atoms with E-state index in [1.807, 2.05) is 18.2 Å². The molecule has 0 heterocycles. The van der Waals surface area contributed by atoms with Gasteiger partial charge in [0.15, 0.2) is 0 Å². The lowest BCUT2D eigenvalue weighted by Crippen LogP contribution is -2.42. The smallest absolute Gasteiger partial charge is 0.119 e. The third-order valence-electron chi connectivity index (χ3n) is 4.27. The van der Waals surface area contributed by atoms with Gasteiger partial charge < -0.3 is 15.2 Å². The molecule has 1 aliphatic carbocycles. The molecule has 0 radical (unpaired) electrons. The van der Waals surface area contributed by atoms with Crippen molar-refractivity contribution in [3.8, 4) is 5.75 Å². The molecule has 1 fully saturated rings. The van der Waals surface area contributed by atoms with E-state index in [1.165, 1.54) is 6.42 Å². The fraction of sp³-hybridized carbons (Fsp3) is 0.647. The van der Waals surface area contributed by atoms with E-state index in [0.29, 0.717) is 6.04 Å². The Morgan fingerprint density at radius 2 is 2.10 bits per heavy atom. The van der Waals surface area contributed by atoms with E-state index in [2.05, 4.69) is 18.3 Å². The first-order valence-electron chi connectivity index (χ1n) is 7.74. The maximum atomic E-state index is 10.8. The van der Waals surface area contributed by atoms with E-state index in [0.717, 1.165) is 50.0 Å². The Kier molecular flexibility index (Phi) is 5.44. The van der Waals surface area contributed by atoms with Gasteiger partial charge in [0.25, 0.3) is 0 Å². The number of nitrogens with one attached hydrogen (secondary N) is 1. The van der Waals surface area contributed by atoms with Crippen molar-refractivity contribution >= 4 is 0 Å². The highest BCUT2D eigenvalue weighted by molar-refractivity contribution is 5.29. The molecule has 1 aliphatic rings. The summed E-state index contributed by atoms with van der Waals surface area (Å²) in [6.07, 6.45) is 5.80. The van der Waals surface area contributed by atoms with Crippen molar-refractivity contribution in [2.45, 2.75) is 57.1 Å². The molecule has 0 unspecified atom stereocenters. The van der Waals surface area contributed by atoms with E-state index >= 15 is 0 Å². The average Bonchev–Trinajstić information content (AvgIpc) is 2.47. The van der Waals surface area contributed by atoms with Gasteiger partial charge >= 0.3 is 0 Å². The summed E-state index contributed by atoms with van der Waals surface area (Å²) in [4.78, 5) is 0. The van der Waals surface area contributed by atoms with Gasteiger partial charge in [-0.15, -0.1) is 0 Å². The summed E-state index contributed by atoms with van der Waals surface area (Å²) in [7, 11) is 1.68. The Morgan fingerprint density at radius 1 is 1.35 bits per heavy atom. The molecule has 1 aromatic carbocycles. The maximum Gasteiger partial charge on any atom is 0.119 e. The molecular weight excluding hydrogens is 250 g/mol. The van der Waals surface area contributed by atoms with Gasteiger partial charge in [0.05, 0.1) is 12.7 Å². The van der Waals surface area contributed by atoms with Gasteiger partial charge in [-0.25, -0.2) is 0 Å². The van der Waals surface area contributed by atoms with Gasteiger partial charge in [0.1, 0.15) is 5.75 Å². The van der Waals surface area contributed by atoms with Crippen molar-refractivity contribution in [3.05, 3.63) is 29.8 Å². The van der Waals surface area contributed by atoms with Gasteiger partial charge in [-0.05, 0) is 56.3 Å². The first kappa shape index (κ1) is 15.3. The zero-order valence-electron chi connectivity index (χ0n) is 12.7. The zero-order valence-corrected chi connectivity index (χ0v) is 12.7. The summed E-state index contributed by atoms with van der Waals surface area (Å²) in [5.41, 5.74) is 0.614. The summed E-state index contributed by atoms with van der Waals surface area (Å²) in [6, 6.07) is 8.62. The molecule has 112 valence electrons. The van der Waals surface area contributed by atoms with Crippen LogP contribution in [0.25, 0.3) is 0 Å². The number of ether oxygens (including phenoxy) is 1. The van der Waals surface area contributed by atoms with Gasteiger partial charge in [-0.3, -0.25) is 0 Å². The molecule has 0 spiro atoms. The van der Waals surface area contributed by atoms with Crippen LogP contribution in [-0.4, -0.2) is 30.4 Å². The quantitative estimate of drug-likeness (QED) is 0.840. The second-order valence-electron chi connectivity index (χ2n) is 5.98. The molecule has 1 aromatic rings. The summed E-state index contributed by atoms with van der Waals surface area (Å²) >= 11 is 0. The topological polar surface area (TPSA) is 41.5 Å². The molecule has 2 N–H and O–H groups in total. The number of hydrogen-bond acceptors (Lipinski definition) is 3. The van der Waals surface area contributed by atoms with Crippen molar-refractivity contribution in [1.82, 2.24) is 5.32 Å². The van der Waals surface area contributed by atoms with Crippen LogP contribution in [0.5, 0.6) is 5.75 Å². The molecule has 1 saturated carbocycles. The second kappa shape index (κ2) is 7.09. The lowest BCUT2D eigenvalue weighted by molar-refractivity contribution is -0.00308. The lowest BCUT2D eigenvalue weighted by atomic mass is 9.78. The van der Waals surface area contributed by atoms with E-state index in [9.17, 15) is 5.11 Å². The van der Waals surface area contributed by atoms with E-state index in [-0.39, 0.29) is 0 Å². The second-order valence-corrected chi connectivity index (χ2v) is 5.98. The Balaban J connectivity index is 1.89. The largest absolute Gasteiger partial charge is 0.497 e. The molecular formula is C17H27NO2. The normalized spacial score (nSPS) is 26.4. The van der Waals surface area contributed by atoms with Crippen LogP contribution in [0.1, 0.15) is 44.6 Å². The van der Waals surface area contributed by atoms with E-state index in [1.54, 1.807) is 7.11 Å². The standard InChI is InChI=1S/C17H27NO2/c1-3-11-18-15-7-9-17(19,10-8-15)13-14-5-4-6-16(12-14)20-2/h4-6,12,15,18-19H,3,7-11,13H2,1-2H3. The van der Waals surface area contributed by atoms with Crippen LogP contribution in [0.15, 0.2) is 24.3 Å². The van der Waals surface area contributed by atoms with Gasteiger partial charge in [-0.2, -0.15) is 0 Å². The summed E-state index contributed by atoms with van der Waals surface area (Å²) in [5, 5.41) is 14.3. The summed E-state index contributed by atoms with van der Waals surface area (Å²) in [5.74, 6) is 0.865. The number of hydrogen-bond donors (Lipinski definition) is 2. The number of aliphatic hydroxyl groups is 1.